The minimum atomic E-state index is -0.417. The zero-order valence-electron chi connectivity index (χ0n) is 10.5. The minimum absolute atomic E-state index is 0.127. The number of hydrogen-bond acceptors (Lipinski definition) is 4. The number of anilines is 1. The van der Waals surface area contributed by atoms with Crippen molar-refractivity contribution in [1.29, 1.82) is 0 Å². The third-order valence-corrected chi connectivity index (χ3v) is 2.79. The standard InChI is InChI=1S/C12H12ClN5O2/c1-18-5-10(15-6-18)12(19)16-9-4-7(13)2-3-8(9)11(14)17-20/h2-6,20H,1H3,(H2,14,17)(H,16,19). The summed E-state index contributed by atoms with van der Waals surface area (Å²) in [5.74, 6) is -0.544. The van der Waals surface area contributed by atoms with Crippen molar-refractivity contribution in [3.8, 4) is 0 Å². The molecule has 0 atom stereocenters. The van der Waals surface area contributed by atoms with E-state index in [2.05, 4.69) is 15.5 Å². The lowest BCUT2D eigenvalue weighted by Crippen LogP contribution is -2.19. The number of aromatic nitrogens is 2. The first kappa shape index (κ1) is 13.9. The van der Waals surface area contributed by atoms with Gasteiger partial charge in [0.05, 0.1) is 12.0 Å². The molecule has 0 aliphatic heterocycles. The fraction of sp³-hybridized carbons (Fsp3) is 0.0833. The van der Waals surface area contributed by atoms with Crippen LogP contribution in [0.15, 0.2) is 35.9 Å². The molecule has 8 heteroatoms. The molecule has 7 nitrogen and oxygen atoms in total. The van der Waals surface area contributed by atoms with Crippen LogP contribution < -0.4 is 11.1 Å². The van der Waals surface area contributed by atoms with Gasteiger partial charge in [-0.3, -0.25) is 4.79 Å². The highest BCUT2D eigenvalue weighted by Crippen LogP contribution is 2.21. The minimum Gasteiger partial charge on any atom is -0.409 e. The predicted molar refractivity (Wildman–Crippen MR) is 75.1 cm³/mol. The van der Waals surface area contributed by atoms with Crippen molar-refractivity contribution in [2.75, 3.05) is 5.32 Å². The third-order valence-electron chi connectivity index (χ3n) is 2.55. The molecule has 20 heavy (non-hydrogen) atoms. The van der Waals surface area contributed by atoms with Gasteiger partial charge in [0.15, 0.2) is 5.84 Å². The molecule has 1 heterocycles. The quantitative estimate of drug-likeness (QED) is 0.344. The summed E-state index contributed by atoms with van der Waals surface area (Å²) in [4.78, 5) is 16.0. The molecule has 0 saturated heterocycles. The zero-order chi connectivity index (χ0) is 14.7. The van der Waals surface area contributed by atoms with Crippen molar-refractivity contribution in [1.82, 2.24) is 9.55 Å². The largest absolute Gasteiger partial charge is 0.409 e. The number of amides is 1. The second-order valence-corrected chi connectivity index (χ2v) is 4.49. The number of nitrogens with one attached hydrogen (secondary N) is 1. The fourth-order valence-corrected chi connectivity index (χ4v) is 1.79. The Labute approximate surface area is 119 Å². The molecule has 1 aromatic heterocycles. The van der Waals surface area contributed by atoms with Crippen LogP contribution in [0.5, 0.6) is 0 Å². The van der Waals surface area contributed by atoms with Crippen LogP contribution in [0.1, 0.15) is 16.1 Å². The molecule has 0 spiro atoms. The summed E-state index contributed by atoms with van der Waals surface area (Å²) in [6.07, 6.45) is 3.08. The van der Waals surface area contributed by atoms with Crippen LogP contribution in [0, 0.1) is 0 Å². The number of nitrogens with two attached hydrogens (primary N) is 1. The van der Waals surface area contributed by atoms with Gasteiger partial charge >= 0.3 is 0 Å². The lowest BCUT2D eigenvalue weighted by Gasteiger charge is -2.09. The lowest BCUT2D eigenvalue weighted by molar-refractivity contribution is 0.102. The first-order valence-corrected chi connectivity index (χ1v) is 5.96. The van der Waals surface area contributed by atoms with E-state index in [1.54, 1.807) is 29.9 Å². The Morgan fingerprint density at radius 3 is 2.90 bits per heavy atom. The highest BCUT2D eigenvalue weighted by atomic mass is 35.5. The number of aryl methyl sites for hydroxylation is 1. The van der Waals surface area contributed by atoms with Gasteiger partial charge in [-0.05, 0) is 18.2 Å². The van der Waals surface area contributed by atoms with Crippen molar-refractivity contribution in [2.24, 2.45) is 17.9 Å². The van der Waals surface area contributed by atoms with Crippen LogP contribution in [0.25, 0.3) is 0 Å². The van der Waals surface area contributed by atoms with E-state index in [1.165, 1.54) is 12.4 Å². The Morgan fingerprint density at radius 1 is 1.55 bits per heavy atom. The Bertz CT molecular complexity index is 680. The Hall–Kier alpha value is -2.54. The molecule has 0 aliphatic rings. The Kier molecular flexibility index (Phi) is 3.90. The Morgan fingerprint density at radius 2 is 2.30 bits per heavy atom. The van der Waals surface area contributed by atoms with E-state index in [1.807, 2.05) is 0 Å². The number of carbonyl (C=O) groups excluding carboxylic acids is 1. The molecule has 0 fully saturated rings. The molecule has 0 bridgehead atoms. The van der Waals surface area contributed by atoms with E-state index in [4.69, 9.17) is 22.5 Å². The summed E-state index contributed by atoms with van der Waals surface area (Å²) in [7, 11) is 1.75. The molecule has 0 unspecified atom stereocenters. The van der Waals surface area contributed by atoms with Crippen molar-refractivity contribution >= 4 is 29.0 Å². The Balaban J connectivity index is 2.33. The van der Waals surface area contributed by atoms with Gasteiger partial charge in [-0.25, -0.2) is 4.98 Å². The van der Waals surface area contributed by atoms with E-state index >= 15 is 0 Å². The molecule has 104 valence electrons. The number of carbonyl (C=O) groups is 1. The van der Waals surface area contributed by atoms with Gasteiger partial charge in [0.1, 0.15) is 5.69 Å². The first-order valence-electron chi connectivity index (χ1n) is 5.58. The van der Waals surface area contributed by atoms with E-state index in [0.717, 1.165) is 0 Å². The van der Waals surface area contributed by atoms with E-state index in [0.29, 0.717) is 16.3 Å². The van der Waals surface area contributed by atoms with Gasteiger partial charge in [-0.15, -0.1) is 0 Å². The molecular weight excluding hydrogens is 282 g/mol. The molecule has 4 N–H and O–H groups in total. The van der Waals surface area contributed by atoms with E-state index in [9.17, 15) is 4.79 Å². The van der Waals surface area contributed by atoms with Gasteiger partial charge < -0.3 is 20.8 Å². The summed E-state index contributed by atoms with van der Waals surface area (Å²) in [5, 5.41) is 14.7. The lowest BCUT2D eigenvalue weighted by atomic mass is 10.1. The monoisotopic (exact) mass is 293 g/mol. The molecule has 1 amide bonds. The molecule has 1 aromatic carbocycles. The molecule has 2 aromatic rings. The third kappa shape index (κ3) is 2.89. The van der Waals surface area contributed by atoms with Crippen LogP contribution >= 0.6 is 11.6 Å². The fourth-order valence-electron chi connectivity index (χ4n) is 1.61. The molecule has 2 rings (SSSR count). The van der Waals surface area contributed by atoms with Crippen molar-refractivity contribution < 1.29 is 10.0 Å². The van der Waals surface area contributed by atoms with Crippen LogP contribution in [0.4, 0.5) is 5.69 Å². The maximum absolute atomic E-state index is 12.0. The van der Waals surface area contributed by atoms with Gasteiger partial charge in [-0.1, -0.05) is 16.8 Å². The van der Waals surface area contributed by atoms with Crippen LogP contribution in [0.3, 0.4) is 0 Å². The normalized spacial score (nSPS) is 11.4. The maximum Gasteiger partial charge on any atom is 0.275 e. The van der Waals surface area contributed by atoms with Gasteiger partial charge in [-0.2, -0.15) is 0 Å². The number of nitrogens with zero attached hydrogens (tertiary/aromatic N) is 3. The van der Waals surface area contributed by atoms with Gasteiger partial charge in [0, 0.05) is 23.8 Å². The molecular formula is C12H12ClN5O2. The number of imidazole rings is 1. The van der Waals surface area contributed by atoms with E-state index < -0.39 is 5.91 Å². The number of hydrogen-bond donors (Lipinski definition) is 3. The van der Waals surface area contributed by atoms with Gasteiger partial charge in [0.2, 0.25) is 0 Å². The zero-order valence-corrected chi connectivity index (χ0v) is 11.3. The summed E-state index contributed by atoms with van der Waals surface area (Å²) in [5.41, 5.74) is 6.50. The van der Waals surface area contributed by atoms with Crippen LogP contribution in [-0.4, -0.2) is 26.5 Å². The average molecular weight is 294 g/mol. The van der Waals surface area contributed by atoms with Crippen molar-refractivity contribution in [3.63, 3.8) is 0 Å². The molecule has 0 aliphatic carbocycles. The molecule has 0 radical (unpaired) electrons. The maximum atomic E-state index is 12.0. The number of halogens is 1. The summed E-state index contributed by atoms with van der Waals surface area (Å²) in [6.45, 7) is 0. The predicted octanol–water partition coefficient (Wildman–Crippen LogP) is 1.42. The van der Waals surface area contributed by atoms with Crippen molar-refractivity contribution in [2.45, 2.75) is 0 Å². The summed E-state index contributed by atoms with van der Waals surface area (Å²) < 4.78 is 1.65. The highest BCUT2D eigenvalue weighted by molar-refractivity contribution is 6.31. The summed E-state index contributed by atoms with van der Waals surface area (Å²) >= 11 is 5.88. The average Bonchev–Trinajstić information content (AvgIpc) is 2.85. The number of amidine groups is 1. The smallest absolute Gasteiger partial charge is 0.275 e. The molecule has 0 saturated carbocycles. The number of benzene rings is 1. The SMILES string of the molecule is Cn1cnc(C(=O)Nc2cc(Cl)ccc2/C(N)=N/O)c1. The topological polar surface area (TPSA) is 106 Å². The highest BCUT2D eigenvalue weighted by Gasteiger charge is 2.14. The summed E-state index contributed by atoms with van der Waals surface area (Å²) in [6, 6.07) is 4.63. The van der Waals surface area contributed by atoms with E-state index in [-0.39, 0.29) is 11.5 Å². The number of oxime groups is 1. The second kappa shape index (κ2) is 5.62. The van der Waals surface area contributed by atoms with Crippen molar-refractivity contribution in [3.05, 3.63) is 47.0 Å². The number of rotatable bonds is 3. The van der Waals surface area contributed by atoms with Crippen LogP contribution in [0.2, 0.25) is 5.02 Å². The first-order chi connectivity index (χ1) is 9.51. The van der Waals surface area contributed by atoms with Crippen LogP contribution in [-0.2, 0) is 7.05 Å². The second-order valence-electron chi connectivity index (χ2n) is 4.05. The van der Waals surface area contributed by atoms with Gasteiger partial charge in [0.25, 0.3) is 5.91 Å².